The van der Waals surface area contributed by atoms with Gasteiger partial charge < -0.3 is 14.6 Å². The number of carbonyl (C=O) groups excluding carboxylic acids is 2. The van der Waals surface area contributed by atoms with E-state index in [1.165, 1.54) is 7.11 Å². The van der Waals surface area contributed by atoms with Crippen LogP contribution in [0.25, 0.3) is 10.9 Å². The predicted molar refractivity (Wildman–Crippen MR) is 95.5 cm³/mol. The van der Waals surface area contributed by atoms with Gasteiger partial charge in [0.1, 0.15) is 5.69 Å². The molecule has 1 amide bonds. The lowest BCUT2D eigenvalue weighted by Crippen LogP contribution is -2.57. The summed E-state index contributed by atoms with van der Waals surface area (Å²) >= 11 is 6.20. The number of aromatic nitrogens is 1. The van der Waals surface area contributed by atoms with Crippen LogP contribution < -0.4 is 0 Å². The van der Waals surface area contributed by atoms with Crippen LogP contribution in [0.2, 0.25) is 5.02 Å². The number of rotatable bonds is 2. The molecule has 0 bridgehead atoms. The lowest BCUT2D eigenvalue weighted by atomic mass is 9.48. The molecule has 1 saturated carbocycles. The maximum Gasteiger partial charge on any atom is 0.314 e. The van der Waals surface area contributed by atoms with Crippen molar-refractivity contribution >= 4 is 34.4 Å². The number of halogens is 1. The molecule has 25 heavy (non-hydrogen) atoms. The first-order valence-corrected chi connectivity index (χ1v) is 8.81. The Balaban J connectivity index is 1.65. The quantitative estimate of drug-likeness (QED) is 0.834. The van der Waals surface area contributed by atoms with E-state index in [9.17, 15) is 9.59 Å². The summed E-state index contributed by atoms with van der Waals surface area (Å²) in [5.74, 6) is -0.170. The van der Waals surface area contributed by atoms with Crippen LogP contribution in [0.3, 0.4) is 0 Å². The number of benzene rings is 1. The number of hydrogen-bond acceptors (Lipinski definition) is 3. The molecule has 2 heterocycles. The Morgan fingerprint density at radius 3 is 2.76 bits per heavy atom. The molecule has 0 spiro atoms. The molecule has 1 aromatic carbocycles. The number of methoxy groups -OCH3 is 1. The molecule has 0 radical (unpaired) electrons. The summed E-state index contributed by atoms with van der Waals surface area (Å²) in [6.07, 6.45) is 0.750. The molecule has 1 aromatic heterocycles. The number of aromatic amines is 1. The van der Waals surface area contributed by atoms with E-state index in [4.69, 9.17) is 16.3 Å². The number of esters is 1. The largest absolute Gasteiger partial charge is 0.469 e. The smallest absolute Gasteiger partial charge is 0.314 e. The van der Waals surface area contributed by atoms with E-state index >= 15 is 0 Å². The number of amides is 1. The second-order valence-electron chi connectivity index (χ2n) is 7.94. The molecule has 1 saturated heterocycles. The standard InChI is InChI=1S/C19H21ClN2O3/c1-18(2)9-19(17(24)25-3)10-22(8-15(18)19)16(23)14-7-11-12(20)5-4-6-13(11)21-14/h4-7,15,21H,8-10H2,1-3H3/t15-,19+/m1/s1. The van der Waals surface area contributed by atoms with E-state index in [2.05, 4.69) is 18.8 Å². The molecular weight excluding hydrogens is 340 g/mol. The summed E-state index contributed by atoms with van der Waals surface area (Å²) in [5.41, 5.74) is 0.813. The highest BCUT2D eigenvalue weighted by molar-refractivity contribution is 6.35. The van der Waals surface area contributed by atoms with Gasteiger partial charge in [0.25, 0.3) is 5.91 Å². The highest BCUT2D eigenvalue weighted by atomic mass is 35.5. The van der Waals surface area contributed by atoms with Gasteiger partial charge in [0.15, 0.2) is 0 Å². The SMILES string of the molecule is COC(=O)[C@@]12CN(C(=O)c3cc4c(Cl)cccc4[nH]3)C[C@@H]1C(C)(C)C2. The van der Waals surface area contributed by atoms with Crippen molar-refractivity contribution in [3.8, 4) is 0 Å². The Hall–Kier alpha value is -2.01. The highest BCUT2D eigenvalue weighted by Gasteiger charge is 2.68. The number of ether oxygens (including phenoxy) is 1. The number of hydrogen-bond donors (Lipinski definition) is 1. The first-order valence-electron chi connectivity index (χ1n) is 8.43. The van der Waals surface area contributed by atoms with Crippen molar-refractivity contribution in [2.45, 2.75) is 20.3 Å². The number of likely N-dealkylation sites (tertiary alicyclic amines) is 1. The molecule has 2 atom stereocenters. The summed E-state index contributed by atoms with van der Waals surface area (Å²) in [7, 11) is 1.42. The van der Waals surface area contributed by atoms with Crippen molar-refractivity contribution in [3.63, 3.8) is 0 Å². The molecule has 2 aliphatic rings. The zero-order valence-corrected chi connectivity index (χ0v) is 15.3. The van der Waals surface area contributed by atoms with Crippen molar-refractivity contribution < 1.29 is 14.3 Å². The minimum absolute atomic E-state index is 0.0347. The Labute approximate surface area is 151 Å². The zero-order valence-electron chi connectivity index (χ0n) is 14.6. The Morgan fingerprint density at radius 2 is 2.12 bits per heavy atom. The van der Waals surface area contributed by atoms with Crippen LogP contribution in [0, 0.1) is 16.7 Å². The highest BCUT2D eigenvalue weighted by Crippen LogP contribution is 2.63. The summed E-state index contributed by atoms with van der Waals surface area (Å²) in [6.45, 7) is 5.28. The maximum atomic E-state index is 13.0. The summed E-state index contributed by atoms with van der Waals surface area (Å²) < 4.78 is 5.05. The summed E-state index contributed by atoms with van der Waals surface area (Å²) in [5, 5.41) is 1.44. The fourth-order valence-corrected chi connectivity index (χ4v) is 5.16. The van der Waals surface area contributed by atoms with Gasteiger partial charge in [-0.1, -0.05) is 31.5 Å². The molecule has 132 valence electrons. The molecule has 2 aromatic rings. The molecule has 1 aliphatic heterocycles. The second kappa shape index (κ2) is 5.24. The van der Waals surface area contributed by atoms with Crippen molar-refractivity contribution in [1.29, 1.82) is 0 Å². The van der Waals surface area contributed by atoms with E-state index in [1.54, 1.807) is 17.0 Å². The minimum atomic E-state index is -0.558. The molecular formula is C19H21ClN2O3. The average Bonchev–Trinajstić information content (AvgIpc) is 3.14. The third-order valence-electron chi connectivity index (χ3n) is 5.98. The maximum absolute atomic E-state index is 13.0. The summed E-state index contributed by atoms with van der Waals surface area (Å²) in [6, 6.07) is 7.33. The minimum Gasteiger partial charge on any atom is -0.469 e. The van der Waals surface area contributed by atoms with Gasteiger partial charge in [0, 0.05) is 29.0 Å². The Kier molecular flexibility index (Phi) is 3.45. The fourth-order valence-electron chi connectivity index (χ4n) is 4.93. The Bertz CT molecular complexity index is 888. The van der Waals surface area contributed by atoms with E-state index in [1.807, 2.05) is 12.1 Å². The molecule has 2 fully saturated rings. The van der Waals surface area contributed by atoms with Crippen molar-refractivity contribution in [3.05, 3.63) is 35.0 Å². The number of H-pyrrole nitrogens is 1. The predicted octanol–water partition coefficient (Wildman–Crippen LogP) is 3.48. The van der Waals surface area contributed by atoms with Gasteiger partial charge in [-0.25, -0.2) is 0 Å². The molecule has 4 rings (SSSR count). The van der Waals surface area contributed by atoms with Crippen molar-refractivity contribution in [2.75, 3.05) is 20.2 Å². The monoisotopic (exact) mass is 360 g/mol. The number of carbonyl (C=O) groups is 2. The second-order valence-corrected chi connectivity index (χ2v) is 8.34. The van der Waals surface area contributed by atoms with E-state index in [0.717, 1.165) is 17.3 Å². The summed E-state index contributed by atoms with van der Waals surface area (Å²) in [4.78, 5) is 30.3. The first kappa shape index (κ1) is 16.5. The molecule has 0 unspecified atom stereocenters. The van der Waals surface area contributed by atoms with E-state index in [-0.39, 0.29) is 23.2 Å². The van der Waals surface area contributed by atoms with E-state index < -0.39 is 5.41 Å². The lowest BCUT2D eigenvalue weighted by molar-refractivity contribution is -0.174. The molecule has 5 nitrogen and oxygen atoms in total. The molecule has 1 aliphatic carbocycles. The van der Waals surface area contributed by atoms with Crippen LogP contribution in [-0.2, 0) is 9.53 Å². The van der Waals surface area contributed by atoms with Crippen LogP contribution in [0.4, 0.5) is 0 Å². The van der Waals surface area contributed by atoms with Crippen molar-refractivity contribution in [2.24, 2.45) is 16.7 Å². The topological polar surface area (TPSA) is 62.4 Å². The van der Waals surface area contributed by atoms with Gasteiger partial charge >= 0.3 is 5.97 Å². The van der Waals surface area contributed by atoms with Gasteiger partial charge in [-0.05, 0) is 36.0 Å². The fraction of sp³-hybridized carbons (Fsp3) is 0.474. The van der Waals surface area contributed by atoms with Gasteiger partial charge in [-0.3, -0.25) is 9.59 Å². The van der Waals surface area contributed by atoms with E-state index in [0.29, 0.717) is 23.8 Å². The molecule has 1 N–H and O–H groups in total. The van der Waals surface area contributed by atoms with Crippen LogP contribution in [0.5, 0.6) is 0 Å². The third-order valence-corrected chi connectivity index (χ3v) is 6.31. The number of nitrogens with one attached hydrogen (secondary N) is 1. The number of fused-ring (bicyclic) bond motifs is 2. The van der Waals surface area contributed by atoms with Gasteiger partial charge in [-0.2, -0.15) is 0 Å². The number of nitrogens with zero attached hydrogens (tertiary/aromatic N) is 1. The van der Waals surface area contributed by atoms with Crippen LogP contribution in [0.15, 0.2) is 24.3 Å². The first-order chi connectivity index (χ1) is 11.8. The molecule has 6 heteroatoms. The van der Waals surface area contributed by atoms with Crippen LogP contribution in [0.1, 0.15) is 30.8 Å². The average molecular weight is 361 g/mol. The van der Waals surface area contributed by atoms with Crippen LogP contribution in [-0.4, -0.2) is 42.0 Å². The normalized spacial score (nSPS) is 27.0. The van der Waals surface area contributed by atoms with Crippen LogP contribution >= 0.6 is 11.6 Å². The Morgan fingerprint density at radius 1 is 1.36 bits per heavy atom. The van der Waals surface area contributed by atoms with Gasteiger partial charge in [0.05, 0.1) is 12.5 Å². The zero-order chi connectivity index (χ0) is 18.0. The third kappa shape index (κ3) is 2.21. The van der Waals surface area contributed by atoms with Gasteiger partial charge in [-0.15, -0.1) is 0 Å². The van der Waals surface area contributed by atoms with Gasteiger partial charge in [0.2, 0.25) is 0 Å². The van der Waals surface area contributed by atoms with Crippen molar-refractivity contribution in [1.82, 2.24) is 9.88 Å². The lowest BCUT2D eigenvalue weighted by Gasteiger charge is -2.54.